The third-order valence-corrected chi connectivity index (χ3v) is 5.69. The SMILES string of the molecule is COc1cc(C(=O)N2CCN(c3ccc(F)cc3)CC2)cc(OC)c1OCc1ccccc1. The molecule has 0 aliphatic carbocycles. The Kier molecular flexibility index (Phi) is 6.98. The first kappa shape index (κ1) is 22.5. The van der Waals surface area contributed by atoms with E-state index in [2.05, 4.69) is 4.90 Å². The van der Waals surface area contributed by atoms with E-state index >= 15 is 0 Å². The fraction of sp³-hybridized carbons (Fsp3) is 0.269. The van der Waals surface area contributed by atoms with Crippen molar-refractivity contribution < 1.29 is 23.4 Å². The van der Waals surface area contributed by atoms with Gasteiger partial charge in [-0.1, -0.05) is 30.3 Å². The zero-order valence-corrected chi connectivity index (χ0v) is 18.8. The Labute approximate surface area is 193 Å². The third-order valence-electron chi connectivity index (χ3n) is 5.69. The van der Waals surface area contributed by atoms with E-state index < -0.39 is 0 Å². The smallest absolute Gasteiger partial charge is 0.254 e. The summed E-state index contributed by atoms with van der Waals surface area (Å²) in [5.74, 6) is 0.991. The van der Waals surface area contributed by atoms with Crippen molar-refractivity contribution in [2.45, 2.75) is 6.61 Å². The van der Waals surface area contributed by atoms with Gasteiger partial charge in [0.15, 0.2) is 11.5 Å². The molecule has 33 heavy (non-hydrogen) atoms. The van der Waals surface area contributed by atoms with Crippen LogP contribution in [-0.4, -0.2) is 51.2 Å². The summed E-state index contributed by atoms with van der Waals surface area (Å²) in [6, 6.07) is 19.6. The minimum atomic E-state index is -0.258. The standard InChI is InChI=1S/C26H27FN2O4/c1-31-23-16-20(17-24(32-2)25(23)33-18-19-6-4-3-5-7-19)26(30)29-14-12-28(13-15-29)22-10-8-21(27)9-11-22/h3-11,16-17H,12-15,18H2,1-2H3. The van der Waals surface area contributed by atoms with Crippen molar-refractivity contribution in [2.75, 3.05) is 45.3 Å². The van der Waals surface area contributed by atoms with Crippen molar-refractivity contribution in [2.24, 2.45) is 0 Å². The highest BCUT2D eigenvalue weighted by Crippen LogP contribution is 2.39. The Morgan fingerprint density at radius 3 is 2.06 bits per heavy atom. The van der Waals surface area contributed by atoms with E-state index in [1.807, 2.05) is 30.3 Å². The minimum absolute atomic E-state index is 0.0973. The van der Waals surface area contributed by atoms with Gasteiger partial charge >= 0.3 is 0 Å². The summed E-state index contributed by atoms with van der Waals surface area (Å²) in [5.41, 5.74) is 2.44. The molecule has 1 aliphatic rings. The molecule has 0 bridgehead atoms. The lowest BCUT2D eigenvalue weighted by atomic mass is 10.1. The van der Waals surface area contributed by atoms with Gasteiger partial charge in [-0.05, 0) is 42.0 Å². The number of rotatable bonds is 7. The number of nitrogens with zero attached hydrogens (tertiary/aromatic N) is 2. The largest absolute Gasteiger partial charge is 0.493 e. The van der Waals surface area contributed by atoms with Crippen LogP contribution in [0, 0.1) is 5.82 Å². The van der Waals surface area contributed by atoms with Crippen LogP contribution in [0.4, 0.5) is 10.1 Å². The van der Waals surface area contributed by atoms with E-state index in [0.717, 1.165) is 11.3 Å². The molecule has 3 aromatic rings. The lowest BCUT2D eigenvalue weighted by Gasteiger charge is -2.36. The molecule has 1 amide bonds. The summed E-state index contributed by atoms with van der Waals surface area (Å²) in [4.78, 5) is 17.2. The van der Waals surface area contributed by atoms with Gasteiger partial charge in [-0.25, -0.2) is 4.39 Å². The van der Waals surface area contributed by atoms with Crippen LogP contribution < -0.4 is 19.1 Å². The van der Waals surface area contributed by atoms with Crippen molar-refractivity contribution in [1.29, 1.82) is 0 Å². The number of hydrogen-bond donors (Lipinski definition) is 0. The maximum absolute atomic E-state index is 13.2. The molecule has 0 aromatic heterocycles. The second-order valence-electron chi connectivity index (χ2n) is 7.74. The molecule has 1 aliphatic heterocycles. The zero-order valence-electron chi connectivity index (χ0n) is 18.8. The van der Waals surface area contributed by atoms with E-state index in [9.17, 15) is 9.18 Å². The number of carbonyl (C=O) groups is 1. The highest BCUT2D eigenvalue weighted by Gasteiger charge is 2.25. The van der Waals surface area contributed by atoms with Crippen molar-refractivity contribution in [3.63, 3.8) is 0 Å². The predicted octanol–water partition coefficient (Wildman–Crippen LogP) is 4.38. The first-order valence-corrected chi connectivity index (χ1v) is 10.8. The number of halogens is 1. The van der Waals surface area contributed by atoms with Crippen molar-refractivity contribution in [3.8, 4) is 17.2 Å². The fourth-order valence-electron chi connectivity index (χ4n) is 3.88. The number of hydrogen-bond acceptors (Lipinski definition) is 5. The Bertz CT molecular complexity index is 1060. The fourth-order valence-corrected chi connectivity index (χ4v) is 3.88. The van der Waals surface area contributed by atoms with E-state index in [-0.39, 0.29) is 11.7 Å². The van der Waals surface area contributed by atoms with Crippen LogP contribution in [0.1, 0.15) is 15.9 Å². The number of methoxy groups -OCH3 is 2. The summed E-state index contributed by atoms with van der Waals surface area (Å²) in [6.45, 7) is 2.82. The Hall–Kier alpha value is -3.74. The monoisotopic (exact) mass is 450 g/mol. The number of anilines is 1. The van der Waals surface area contributed by atoms with Crippen molar-refractivity contribution >= 4 is 11.6 Å². The Balaban J connectivity index is 1.46. The highest BCUT2D eigenvalue weighted by molar-refractivity contribution is 5.95. The maximum Gasteiger partial charge on any atom is 0.254 e. The molecule has 1 saturated heterocycles. The Morgan fingerprint density at radius 1 is 0.879 bits per heavy atom. The third kappa shape index (κ3) is 5.19. The quantitative estimate of drug-likeness (QED) is 0.535. The predicted molar refractivity (Wildman–Crippen MR) is 125 cm³/mol. The zero-order chi connectivity index (χ0) is 23.2. The molecule has 172 valence electrons. The average Bonchev–Trinajstić information content (AvgIpc) is 2.87. The summed E-state index contributed by atoms with van der Waals surface area (Å²) < 4.78 is 30.2. The molecule has 0 saturated carbocycles. The summed E-state index contributed by atoms with van der Waals surface area (Å²) in [6.07, 6.45) is 0. The normalized spacial score (nSPS) is 13.5. The molecule has 1 heterocycles. The topological polar surface area (TPSA) is 51.2 Å². The number of benzene rings is 3. The first-order valence-electron chi connectivity index (χ1n) is 10.8. The molecular formula is C26H27FN2O4. The summed E-state index contributed by atoms with van der Waals surface area (Å²) in [5, 5.41) is 0. The molecule has 0 atom stereocenters. The maximum atomic E-state index is 13.2. The number of amides is 1. The van der Waals surface area contributed by atoms with Crippen LogP contribution in [0.3, 0.4) is 0 Å². The van der Waals surface area contributed by atoms with Gasteiger partial charge in [0.05, 0.1) is 14.2 Å². The van der Waals surface area contributed by atoms with E-state index in [0.29, 0.717) is 55.6 Å². The second-order valence-corrected chi connectivity index (χ2v) is 7.74. The molecule has 7 heteroatoms. The van der Waals surface area contributed by atoms with E-state index in [4.69, 9.17) is 14.2 Å². The lowest BCUT2D eigenvalue weighted by Crippen LogP contribution is -2.48. The molecule has 0 radical (unpaired) electrons. The van der Waals surface area contributed by atoms with E-state index in [1.165, 1.54) is 12.1 Å². The molecule has 0 unspecified atom stereocenters. The van der Waals surface area contributed by atoms with Gasteiger partial charge in [0.2, 0.25) is 5.75 Å². The molecular weight excluding hydrogens is 423 g/mol. The van der Waals surface area contributed by atoms with Crippen LogP contribution in [0.5, 0.6) is 17.2 Å². The number of carbonyl (C=O) groups excluding carboxylic acids is 1. The van der Waals surface area contributed by atoms with Crippen LogP contribution in [-0.2, 0) is 6.61 Å². The molecule has 3 aromatic carbocycles. The summed E-state index contributed by atoms with van der Waals surface area (Å²) in [7, 11) is 3.08. The summed E-state index contributed by atoms with van der Waals surface area (Å²) >= 11 is 0. The van der Waals surface area contributed by atoms with Gasteiger partial charge in [-0.15, -0.1) is 0 Å². The molecule has 6 nitrogen and oxygen atoms in total. The number of ether oxygens (including phenoxy) is 3. The average molecular weight is 451 g/mol. The molecule has 4 rings (SSSR count). The first-order chi connectivity index (χ1) is 16.1. The van der Waals surface area contributed by atoms with Gasteiger partial charge in [0.25, 0.3) is 5.91 Å². The Morgan fingerprint density at radius 2 is 1.48 bits per heavy atom. The van der Waals surface area contributed by atoms with Crippen molar-refractivity contribution in [1.82, 2.24) is 4.90 Å². The molecule has 0 spiro atoms. The van der Waals surface area contributed by atoms with E-state index in [1.54, 1.807) is 43.4 Å². The molecule has 1 fully saturated rings. The van der Waals surface area contributed by atoms with Crippen LogP contribution >= 0.6 is 0 Å². The van der Waals surface area contributed by atoms with Gasteiger partial charge < -0.3 is 24.0 Å². The van der Waals surface area contributed by atoms with Gasteiger partial charge in [-0.3, -0.25) is 4.79 Å². The van der Waals surface area contributed by atoms with Crippen molar-refractivity contribution in [3.05, 3.63) is 83.7 Å². The number of piperazine rings is 1. The van der Waals surface area contributed by atoms with Gasteiger partial charge in [0, 0.05) is 37.4 Å². The highest BCUT2D eigenvalue weighted by atomic mass is 19.1. The van der Waals surface area contributed by atoms with Crippen LogP contribution in [0.25, 0.3) is 0 Å². The van der Waals surface area contributed by atoms with Crippen LogP contribution in [0.2, 0.25) is 0 Å². The van der Waals surface area contributed by atoms with Crippen LogP contribution in [0.15, 0.2) is 66.7 Å². The van der Waals surface area contributed by atoms with Gasteiger partial charge in [0.1, 0.15) is 12.4 Å². The van der Waals surface area contributed by atoms with Gasteiger partial charge in [-0.2, -0.15) is 0 Å². The second kappa shape index (κ2) is 10.3. The minimum Gasteiger partial charge on any atom is -0.493 e. The lowest BCUT2D eigenvalue weighted by molar-refractivity contribution is 0.0746. The molecule has 0 N–H and O–H groups in total.